The summed E-state index contributed by atoms with van der Waals surface area (Å²) in [5.74, 6) is -4.11. The Morgan fingerprint density at radius 3 is 1.53 bits per heavy atom. The molecule has 17 heavy (non-hydrogen) atoms. The summed E-state index contributed by atoms with van der Waals surface area (Å²) in [7, 11) is -2.92. The van der Waals surface area contributed by atoms with Gasteiger partial charge in [0.15, 0.2) is 17.5 Å². The molecule has 0 unspecified atom stereocenters. The molecule has 1 aromatic carbocycles. The molecule has 0 spiro atoms. The monoisotopic (exact) mass is 342 g/mol. The molecular formula is C6H2BClF3K3O3. The van der Waals surface area contributed by atoms with Gasteiger partial charge in [0, 0.05) is 0 Å². The minimum absolute atomic E-state index is 0. The topological polar surface area (TPSA) is 69.2 Å². The fraction of sp³-hybridized carbons (Fsp3) is 0. The molecule has 0 aliphatic rings. The third-order valence-electron chi connectivity index (χ3n) is 0.988. The molecule has 0 N–H and O–H groups in total. The summed E-state index contributed by atoms with van der Waals surface area (Å²) in [6.07, 6.45) is 0. The Hall–Kier alpha value is 4.15. The summed E-state index contributed by atoms with van der Waals surface area (Å²) < 4.78 is 36.5. The van der Waals surface area contributed by atoms with Crippen LogP contribution >= 0.6 is 11.6 Å². The molecule has 0 aliphatic carbocycles. The van der Waals surface area contributed by atoms with E-state index in [0.717, 1.165) is 12.1 Å². The molecule has 0 fully saturated rings. The molecule has 0 amide bonds. The van der Waals surface area contributed by atoms with Crippen LogP contribution in [0.5, 0.6) is 0 Å². The minimum Gasteiger partial charge on any atom is -0.907 e. The van der Waals surface area contributed by atoms with Gasteiger partial charge in [-0.1, -0.05) is 11.6 Å². The van der Waals surface area contributed by atoms with Gasteiger partial charge < -0.3 is 15.1 Å². The molecule has 0 saturated heterocycles. The van der Waals surface area contributed by atoms with Crippen molar-refractivity contribution in [3.63, 3.8) is 0 Å². The molecule has 78 valence electrons. The fourth-order valence-corrected chi connectivity index (χ4v) is 0.648. The maximum Gasteiger partial charge on any atom is 1.00 e. The van der Waals surface area contributed by atoms with E-state index in [-0.39, 0.29) is 154 Å². The van der Waals surface area contributed by atoms with Crippen molar-refractivity contribution in [3.05, 3.63) is 34.6 Å². The van der Waals surface area contributed by atoms with Gasteiger partial charge in [0.05, 0.1) is 5.02 Å². The van der Waals surface area contributed by atoms with Crippen molar-refractivity contribution in [1.82, 2.24) is 0 Å². The van der Waals surface area contributed by atoms with Gasteiger partial charge in [-0.2, -0.15) is 0 Å². The largest absolute Gasteiger partial charge is 1.00 e. The fourth-order valence-electron chi connectivity index (χ4n) is 0.502. The summed E-state index contributed by atoms with van der Waals surface area (Å²) in [6, 6.07) is 1.72. The Morgan fingerprint density at radius 2 is 1.24 bits per heavy atom. The minimum atomic E-state index is -2.92. The standard InChI is InChI=1S/C6H2ClF3.BO3.3K/c7-3-1-2-4(8)6(10)5(3)9;2-1(3)4;;;/h1-2H;;;;/q;-3;3*+1. The second kappa shape index (κ2) is 16.5. The molecule has 0 heterocycles. The Bertz CT molecular complexity index is 292. The van der Waals surface area contributed by atoms with Crippen LogP contribution in [0.3, 0.4) is 0 Å². The van der Waals surface area contributed by atoms with E-state index in [0.29, 0.717) is 0 Å². The van der Waals surface area contributed by atoms with Crippen LogP contribution in [0.4, 0.5) is 13.2 Å². The van der Waals surface area contributed by atoms with Gasteiger partial charge in [0.1, 0.15) is 0 Å². The first-order valence-electron chi connectivity index (χ1n) is 3.12. The van der Waals surface area contributed by atoms with E-state index in [1.54, 1.807) is 0 Å². The van der Waals surface area contributed by atoms with Crippen molar-refractivity contribution < 1.29 is 182 Å². The van der Waals surface area contributed by atoms with Crippen molar-refractivity contribution in [2.45, 2.75) is 0 Å². The summed E-state index contributed by atoms with van der Waals surface area (Å²) >= 11 is 5.10. The van der Waals surface area contributed by atoms with E-state index in [9.17, 15) is 13.2 Å². The second-order valence-corrected chi connectivity index (χ2v) is 2.35. The van der Waals surface area contributed by atoms with Gasteiger partial charge in [0.25, 0.3) is 0 Å². The zero-order chi connectivity index (χ0) is 11.3. The predicted molar refractivity (Wildman–Crippen MR) is 37.1 cm³/mol. The Kier molecular flexibility index (Phi) is 28.4. The van der Waals surface area contributed by atoms with Crippen LogP contribution in [-0.2, 0) is 0 Å². The molecule has 11 heteroatoms. The first kappa shape index (κ1) is 29.2. The summed E-state index contributed by atoms with van der Waals surface area (Å²) in [4.78, 5) is 0. The van der Waals surface area contributed by atoms with Crippen LogP contribution in [-0.4, -0.2) is 7.32 Å². The summed E-state index contributed by atoms with van der Waals surface area (Å²) in [6.45, 7) is 0. The van der Waals surface area contributed by atoms with Crippen LogP contribution in [0, 0.1) is 17.5 Å². The average Bonchev–Trinajstić information content (AvgIpc) is 2.07. The zero-order valence-electron chi connectivity index (χ0n) is 9.47. The quantitative estimate of drug-likeness (QED) is 0.267. The molecular weight excluding hydrogens is 341 g/mol. The van der Waals surface area contributed by atoms with Gasteiger partial charge in [-0.25, -0.2) is 13.2 Å². The normalized spacial score (nSPS) is 7.47. The molecule has 0 radical (unpaired) electrons. The van der Waals surface area contributed by atoms with Crippen LogP contribution < -0.4 is 169 Å². The van der Waals surface area contributed by atoms with Gasteiger partial charge in [-0.3, -0.25) is 7.32 Å². The van der Waals surface area contributed by atoms with Crippen LogP contribution in [0.15, 0.2) is 12.1 Å². The molecule has 1 aromatic rings. The maximum absolute atomic E-state index is 12.2. The summed E-state index contributed by atoms with van der Waals surface area (Å²) in [5, 5.41) is 24.8. The van der Waals surface area contributed by atoms with E-state index in [4.69, 9.17) is 26.7 Å². The molecule has 0 aromatic heterocycles. The molecule has 0 bridgehead atoms. The molecule has 0 saturated carbocycles. The molecule has 0 atom stereocenters. The van der Waals surface area contributed by atoms with Crippen molar-refractivity contribution >= 4 is 18.9 Å². The van der Waals surface area contributed by atoms with E-state index in [1.807, 2.05) is 0 Å². The zero-order valence-corrected chi connectivity index (χ0v) is 19.6. The molecule has 3 nitrogen and oxygen atoms in total. The van der Waals surface area contributed by atoms with Crippen LogP contribution in [0.1, 0.15) is 0 Å². The SMILES string of the molecule is Fc1ccc(Cl)c(F)c1F.[K+].[K+].[K+].[O-]B([O-])[O-]. The number of benzene rings is 1. The van der Waals surface area contributed by atoms with E-state index >= 15 is 0 Å². The van der Waals surface area contributed by atoms with Crippen molar-refractivity contribution in [3.8, 4) is 0 Å². The predicted octanol–water partition coefficient (Wildman–Crippen LogP) is -10.2. The first-order valence-corrected chi connectivity index (χ1v) is 3.50. The van der Waals surface area contributed by atoms with Crippen LogP contribution in [0.25, 0.3) is 0 Å². The Balaban J connectivity index is -0.000000108. The Morgan fingerprint density at radius 1 is 0.882 bits per heavy atom. The number of rotatable bonds is 0. The third kappa shape index (κ3) is 14.8. The summed E-state index contributed by atoms with van der Waals surface area (Å²) in [5.41, 5.74) is 0. The van der Waals surface area contributed by atoms with Crippen molar-refractivity contribution in [1.29, 1.82) is 0 Å². The van der Waals surface area contributed by atoms with E-state index in [1.165, 1.54) is 0 Å². The van der Waals surface area contributed by atoms with Crippen molar-refractivity contribution in [2.75, 3.05) is 0 Å². The average molecular weight is 343 g/mol. The van der Waals surface area contributed by atoms with Gasteiger partial charge >= 0.3 is 154 Å². The second-order valence-electron chi connectivity index (χ2n) is 1.95. The molecule has 1 rings (SSSR count). The Labute approximate surface area is 229 Å². The van der Waals surface area contributed by atoms with E-state index in [2.05, 4.69) is 0 Å². The molecule has 0 aliphatic heterocycles. The third-order valence-corrected chi connectivity index (χ3v) is 1.28. The van der Waals surface area contributed by atoms with Crippen LogP contribution in [0.2, 0.25) is 5.02 Å². The maximum atomic E-state index is 12.2. The number of hydrogen-bond acceptors (Lipinski definition) is 3. The smallest absolute Gasteiger partial charge is 0.907 e. The van der Waals surface area contributed by atoms with Gasteiger partial charge in [-0.05, 0) is 12.1 Å². The van der Waals surface area contributed by atoms with Gasteiger partial charge in [-0.15, -0.1) is 0 Å². The van der Waals surface area contributed by atoms with Crippen molar-refractivity contribution in [2.24, 2.45) is 0 Å². The first-order chi connectivity index (χ1) is 6.36. The van der Waals surface area contributed by atoms with Gasteiger partial charge in [0.2, 0.25) is 0 Å². The number of halogens is 4. The number of hydrogen-bond donors (Lipinski definition) is 0. The van der Waals surface area contributed by atoms with E-state index < -0.39 is 29.8 Å².